The number of nitrogen functional groups attached to an aromatic ring is 1. The van der Waals surface area contributed by atoms with Crippen LogP contribution in [0.2, 0.25) is 0 Å². The van der Waals surface area contributed by atoms with Crippen molar-refractivity contribution < 1.29 is 19.1 Å². The predicted octanol–water partition coefficient (Wildman–Crippen LogP) is 3.93. The van der Waals surface area contributed by atoms with Crippen molar-refractivity contribution in [2.75, 3.05) is 11.1 Å². The van der Waals surface area contributed by atoms with Gasteiger partial charge >= 0.3 is 7.60 Å². The first-order valence-electron chi connectivity index (χ1n) is 7.70. The lowest BCUT2D eigenvalue weighted by molar-refractivity contribution is 0.102. The van der Waals surface area contributed by atoms with Gasteiger partial charge in [0.05, 0.1) is 17.5 Å². The maximum atomic E-state index is 12.5. The van der Waals surface area contributed by atoms with E-state index in [1.165, 1.54) is 6.07 Å². The van der Waals surface area contributed by atoms with Crippen LogP contribution in [0.5, 0.6) is 0 Å². The first kappa shape index (κ1) is 18.4. The molecule has 0 saturated heterocycles. The summed E-state index contributed by atoms with van der Waals surface area (Å²) >= 11 is 1.59. The molecule has 5 N–H and O–H groups in total. The fourth-order valence-corrected chi connectivity index (χ4v) is 3.90. The Kier molecular flexibility index (Phi) is 5.25. The first-order chi connectivity index (χ1) is 12.3. The molecular formula is C18H17N2O4PS. The van der Waals surface area contributed by atoms with Crippen molar-refractivity contribution >= 4 is 36.2 Å². The number of benzene rings is 2. The monoisotopic (exact) mass is 388 g/mol. The number of carbonyl (C=O) groups is 1. The largest absolute Gasteiger partial charge is 0.397 e. The molecule has 0 radical (unpaired) electrons. The van der Waals surface area contributed by atoms with Gasteiger partial charge in [-0.05, 0) is 46.8 Å². The average Bonchev–Trinajstić information content (AvgIpc) is 3.10. The molecule has 26 heavy (non-hydrogen) atoms. The lowest BCUT2D eigenvalue weighted by Crippen LogP contribution is -2.13. The highest BCUT2D eigenvalue weighted by atomic mass is 32.1. The van der Waals surface area contributed by atoms with E-state index >= 15 is 0 Å². The Labute approximate surface area is 154 Å². The minimum absolute atomic E-state index is 0.303. The molecule has 6 nitrogen and oxygen atoms in total. The third kappa shape index (κ3) is 4.59. The number of hydrogen-bond donors (Lipinski definition) is 4. The van der Waals surface area contributed by atoms with E-state index in [4.69, 9.17) is 15.5 Å². The van der Waals surface area contributed by atoms with Crippen molar-refractivity contribution in [2.45, 2.75) is 6.16 Å². The SMILES string of the molecule is Nc1ccc(-c2cccs2)cc1NC(=O)c1cccc(CP(=O)(O)O)c1. The number of nitrogens with two attached hydrogens (primary N) is 1. The van der Waals surface area contributed by atoms with E-state index in [9.17, 15) is 9.36 Å². The van der Waals surface area contributed by atoms with Crippen LogP contribution in [0.1, 0.15) is 15.9 Å². The second-order valence-corrected chi connectivity index (χ2v) is 8.35. The van der Waals surface area contributed by atoms with E-state index in [0.717, 1.165) is 10.4 Å². The summed E-state index contributed by atoms with van der Waals surface area (Å²) in [5.74, 6) is -0.396. The van der Waals surface area contributed by atoms with E-state index in [1.807, 2.05) is 23.6 Å². The summed E-state index contributed by atoms with van der Waals surface area (Å²) in [5, 5.41) is 4.73. The van der Waals surface area contributed by atoms with Crippen LogP contribution in [0.25, 0.3) is 10.4 Å². The van der Waals surface area contributed by atoms with Gasteiger partial charge in [-0.2, -0.15) is 0 Å². The quantitative estimate of drug-likeness (QED) is 0.391. The van der Waals surface area contributed by atoms with Crippen LogP contribution < -0.4 is 11.1 Å². The summed E-state index contributed by atoms with van der Waals surface area (Å²) < 4.78 is 11.1. The molecule has 1 heterocycles. The zero-order valence-corrected chi connectivity index (χ0v) is 15.3. The van der Waals surface area contributed by atoms with Crippen LogP contribution in [0.4, 0.5) is 11.4 Å². The summed E-state index contributed by atoms with van der Waals surface area (Å²) in [7, 11) is -4.20. The zero-order valence-electron chi connectivity index (χ0n) is 13.6. The van der Waals surface area contributed by atoms with Crippen LogP contribution in [-0.4, -0.2) is 15.7 Å². The predicted molar refractivity (Wildman–Crippen MR) is 104 cm³/mol. The highest BCUT2D eigenvalue weighted by molar-refractivity contribution is 7.50. The summed E-state index contributed by atoms with van der Waals surface area (Å²) in [6.07, 6.45) is -0.413. The fraction of sp³-hybridized carbons (Fsp3) is 0.0556. The Bertz CT molecular complexity index is 983. The smallest absolute Gasteiger partial charge is 0.329 e. The van der Waals surface area contributed by atoms with Crippen LogP contribution >= 0.6 is 18.9 Å². The van der Waals surface area contributed by atoms with Crippen molar-refractivity contribution in [3.8, 4) is 10.4 Å². The normalized spacial score (nSPS) is 11.3. The van der Waals surface area contributed by atoms with E-state index < -0.39 is 19.7 Å². The van der Waals surface area contributed by atoms with Gasteiger partial charge in [-0.1, -0.05) is 24.3 Å². The van der Waals surface area contributed by atoms with Gasteiger partial charge < -0.3 is 20.8 Å². The van der Waals surface area contributed by atoms with Gasteiger partial charge in [0.15, 0.2) is 0 Å². The molecule has 0 atom stereocenters. The van der Waals surface area contributed by atoms with Crippen LogP contribution in [-0.2, 0) is 10.7 Å². The topological polar surface area (TPSA) is 113 Å². The van der Waals surface area contributed by atoms with Crippen molar-refractivity contribution in [3.05, 3.63) is 71.1 Å². The molecule has 134 valence electrons. The molecule has 8 heteroatoms. The molecule has 2 aromatic carbocycles. The highest BCUT2D eigenvalue weighted by Crippen LogP contribution is 2.39. The standard InChI is InChI=1S/C18H17N2O4PS/c19-15-7-6-13(17-5-2-8-26-17)10-16(15)20-18(21)14-4-1-3-12(9-14)11-25(22,23)24/h1-10H,11,19H2,(H,20,21)(H2,22,23,24). The Hall–Kier alpha value is -2.44. The molecule has 1 amide bonds. The molecule has 0 spiro atoms. The van der Waals surface area contributed by atoms with Crippen molar-refractivity contribution in [1.29, 1.82) is 0 Å². The van der Waals surface area contributed by atoms with Gasteiger partial charge in [-0.15, -0.1) is 11.3 Å². The third-order valence-electron chi connectivity index (χ3n) is 3.68. The van der Waals surface area contributed by atoms with Gasteiger partial charge in [-0.3, -0.25) is 9.36 Å². The van der Waals surface area contributed by atoms with Gasteiger partial charge in [0.1, 0.15) is 0 Å². The molecule has 0 unspecified atom stereocenters. The molecule has 3 aromatic rings. The van der Waals surface area contributed by atoms with Gasteiger partial charge in [-0.25, -0.2) is 0 Å². The summed E-state index contributed by atoms with van der Waals surface area (Å²) in [4.78, 5) is 31.8. The number of hydrogen-bond acceptors (Lipinski definition) is 4. The zero-order chi connectivity index (χ0) is 18.7. The number of rotatable bonds is 5. The minimum Gasteiger partial charge on any atom is -0.397 e. The van der Waals surface area contributed by atoms with E-state index in [1.54, 1.807) is 41.7 Å². The molecule has 0 aliphatic rings. The Morgan fingerprint density at radius 1 is 1.12 bits per heavy atom. The molecule has 0 bridgehead atoms. The van der Waals surface area contributed by atoms with Crippen LogP contribution in [0, 0.1) is 0 Å². The second kappa shape index (κ2) is 7.43. The Morgan fingerprint density at radius 3 is 2.62 bits per heavy atom. The summed E-state index contributed by atoms with van der Waals surface area (Å²) in [6.45, 7) is 0. The Balaban J connectivity index is 1.83. The molecular weight excluding hydrogens is 371 g/mol. The minimum atomic E-state index is -4.20. The van der Waals surface area contributed by atoms with Gasteiger partial charge in [0, 0.05) is 10.4 Å². The number of anilines is 2. The van der Waals surface area contributed by atoms with Crippen LogP contribution in [0.3, 0.4) is 0 Å². The number of carbonyl (C=O) groups excluding carboxylic acids is 1. The molecule has 0 fully saturated rings. The summed E-state index contributed by atoms with van der Waals surface area (Å²) in [6, 6.07) is 15.6. The second-order valence-electron chi connectivity index (χ2n) is 5.76. The lowest BCUT2D eigenvalue weighted by Gasteiger charge is -2.11. The fourth-order valence-electron chi connectivity index (χ4n) is 2.50. The van der Waals surface area contributed by atoms with Crippen molar-refractivity contribution in [3.63, 3.8) is 0 Å². The molecule has 0 saturated carbocycles. The number of thiophene rings is 1. The number of amides is 1. The molecule has 1 aromatic heterocycles. The molecule has 0 aliphatic carbocycles. The third-order valence-corrected chi connectivity index (χ3v) is 5.38. The lowest BCUT2D eigenvalue weighted by atomic mass is 10.1. The maximum absolute atomic E-state index is 12.5. The first-order valence-corrected chi connectivity index (χ1v) is 10.4. The Morgan fingerprint density at radius 2 is 1.92 bits per heavy atom. The van der Waals surface area contributed by atoms with Crippen LogP contribution in [0.15, 0.2) is 60.0 Å². The van der Waals surface area contributed by atoms with Crippen molar-refractivity contribution in [2.24, 2.45) is 0 Å². The molecule has 0 aliphatic heterocycles. The van der Waals surface area contributed by atoms with Gasteiger partial charge in [0.25, 0.3) is 5.91 Å². The molecule has 3 rings (SSSR count). The average molecular weight is 388 g/mol. The van der Waals surface area contributed by atoms with Gasteiger partial charge in [0.2, 0.25) is 0 Å². The maximum Gasteiger partial charge on any atom is 0.329 e. The van der Waals surface area contributed by atoms with E-state index in [2.05, 4.69) is 5.32 Å². The van der Waals surface area contributed by atoms with E-state index in [-0.39, 0.29) is 0 Å². The van der Waals surface area contributed by atoms with E-state index in [0.29, 0.717) is 22.5 Å². The van der Waals surface area contributed by atoms with Crippen molar-refractivity contribution in [1.82, 2.24) is 0 Å². The number of nitrogens with one attached hydrogen (secondary N) is 1. The summed E-state index contributed by atoms with van der Waals surface area (Å²) in [5.41, 5.74) is 8.53. The highest BCUT2D eigenvalue weighted by Gasteiger charge is 2.16.